The molecule has 192 valence electrons. The SMILES string of the molecule is COC(=O)c1ccc(OC)c(CSc2nc3sc4c(c3c(=O)n2Cc2ccco2)CCN(C(C)=O)C4)c1. The fraction of sp³-hybridized carbons (Fsp3) is 0.308. The minimum atomic E-state index is -0.438. The fourth-order valence-electron chi connectivity index (χ4n) is 4.41. The largest absolute Gasteiger partial charge is 0.496 e. The van der Waals surface area contributed by atoms with E-state index in [1.54, 1.807) is 54.0 Å². The van der Waals surface area contributed by atoms with Crippen molar-refractivity contribution in [2.75, 3.05) is 20.8 Å². The smallest absolute Gasteiger partial charge is 0.337 e. The number of carbonyl (C=O) groups excluding carboxylic acids is 2. The molecule has 0 atom stereocenters. The number of rotatable bonds is 7. The molecule has 0 saturated heterocycles. The number of ether oxygens (including phenoxy) is 2. The van der Waals surface area contributed by atoms with Gasteiger partial charge in [-0.25, -0.2) is 9.78 Å². The van der Waals surface area contributed by atoms with Crippen LogP contribution in [0.25, 0.3) is 10.2 Å². The Bertz CT molecular complexity index is 1540. The van der Waals surface area contributed by atoms with E-state index in [2.05, 4.69) is 0 Å². The van der Waals surface area contributed by atoms with Crippen molar-refractivity contribution in [2.24, 2.45) is 0 Å². The molecule has 0 bridgehead atoms. The van der Waals surface area contributed by atoms with Gasteiger partial charge in [-0.2, -0.15) is 0 Å². The molecule has 0 N–H and O–H groups in total. The lowest BCUT2D eigenvalue weighted by molar-refractivity contribution is -0.129. The summed E-state index contributed by atoms with van der Waals surface area (Å²) in [5, 5.41) is 1.14. The second kappa shape index (κ2) is 10.4. The predicted molar refractivity (Wildman–Crippen MR) is 140 cm³/mol. The van der Waals surface area contributed by atoms with Gasteiger partial charge in [0.2, 0.25) is 5.91 Å². The topological polar surface area (TPSA) is 104 Å². The first kappa shape index (κ1) is 25.1. The molecular formula is C26H25N3O6S2. The number of esters is 1. The average molecular weight is 540 g/mol. The van der Waals surface area contributed by atoms with Crippen LogP contribution in [0.5, 0.6) is 5.75 Å². The van der Waals surface area contributed by atoms with E-state index in [1.165, 1.54) is 30.2 Å². The van der Waals surface area contributed by atoms with Crippen LogP contribution < -0.4 is 10.3 Å². The molecule has 3 aromatic heterocycles. The predicted octanol–water partition coefficient (Wildman–Crippen LogP) is 4.09. The van der Waals surface area contributed by atoms with Crippen molar-refractivity contribution in [2.45, 2.75) is 37.3 Å². The standard InChI is InChI=1S/C26H25N3O6S2/c1-15(30)28-9-8-19-21(13-28)37-23-22(19)24(31)29(12-18-5-4-10-35-18)26(27-23)36-14-17-11-16(25(32)34-3)6-7-20(17)33-2/h4-7,10-11H,8-9,12-14H2,1-3H3. The van der Waals surface area contributed by atoms with Gasteiger partial charge in [-0.15, -0.1) is 11.3 Å². The summed E-state index contributed by atoms with van der Waals surface area (Å²) in [7, 11) is 2.91. The molecule has 0 radical (unpaired) electrons. The van der Waals surface area contributed by atoms with Crippen LogP contribution in [0.3, 0.4) is 0 Å². The number of hydrogen-bond acceptors (Lipinski definition) is 9. The first-order chi connectivity index (χ1) is 17.9. The normalized spacial score (nSPS) is 13.0. The van der Waals surface area contributed by atoms with Gasteiger partial charge in [0, 0.05) is 29.7 Å². The van der Waals surface area contributed by atoms with E-state index in [-0.39, 0.29) is 18.0 Å². The number of nitrogens with zero attached hydrogens (tertiary/aromatic N) is 3. The van der Waals surface area contributed by atoms with Crippen LogP contribution in [-0.2, 0) is 34.8 Å². The summed E-state index contributed by atoms with van der Waals surface area (Å²) >= 11 is 2.84. The fourth-order valence-corrected chi connectivity index (χ4v) is 6.67. The number of amides is 1. The number of furan rings is 1. The highest BCUT2D eigenvalue weighted by atomic mass is 32.2. The lowest BCUT2D eigenvalue weighted by Crippen LogP contribution is -2.34. The molecule has 4 aromatic rings. The molecule has 4 heterocycles. The van der Waals surface area contributed by atoms with Crippen LogP contribution in [-0.4, -0.2) is 47.1 Å². The maximum absolute atomic E-state index is 13.8. The van der Waals surface area contributed by atoms with E-state index >= 15 is 0 Å². The Morgan fingerprint density at radius 2 is 2.08 bits per heavy atom. The second-order valence-electron chi connectivity index (χ2n) is 8.55. The van der Waals surface area contributed by atoms with Gasteiger partial charge in [-0.1, -0.05) is 11.8 Å². The number of carbonyl (C=O) groups is 2. The number of benzene rings is 1. The Hall–Kier alpha value is -3.57. The zero-order valence-corrected chi connectivity index (χ0v) is 22.2. The zero-order chi connectivity index (χ0) is 26.1. The van der Waals surface area contributed by atoms with E-state index in [0.29, 0.717) is 57.7 Å². The van der Waals surface area contributed by atoms with Gasteiger partial charge >= 0.3 is 5.97 Å². The van der Waals surface area contributed by atoms with E-state index in [9.17, 15) is 14.4 Å². The third-order valence-electron chi connectivity index (χ3n) is 6.32. The van der Waals surface area contributed by atoms with Crippen molar-refractivity contribution in [3.63, 3.8) is 0 Å². The maximum Gasteiger partial charge on any atom is 0.337 e. The molecule has 37 heavy (non-hydrogen) atoms. The molecule has 0 aliphatic carbocycles. The van der Waals surface area contributed by atoms with Gasteiger partial charge in [0.15, 0.2) is 5.16 Å². The van der Waals surface area contributed by atoms with E-state index < -0.39 is 5.97 Å². The van der Waals surface area contributed by atoms with Crippen LogP contribution in [0.15, 0.2) is 51.0 Å². The minimum absolute atomic E-state index is 0.0191. The summed E-state index contributed by atoms with van der Waals surface area (Å²) in [5.74, 6) is 1.25. The molecule has 0 fully saturated rings. The first-order valence-corrected chi connectivity index (χ1v) is 13.4. The zero-order valence-electron chi connectivity index (χ0n) is 20.6. The van der Waals surface area contributed by atoms with E-state index in [0.717, 1.165) is 16.0 Å². The van der Waals surface area contributed by atoms with Crippen molar-refractivity contribution >= 4 is 45.2 Å². The summed E-state index contributed by atoms with van der Waals surface area (Å²) in [4.78, 5) is 46.2. The lowest BCUT2D eigenvalue weighted by atomic mass is 10.1. The van der Waals surface area contributed by atoms with Crippen LogP contribution in [0.2, 0.25) is 0 Å². The summed E-state index contributed by atoms with van der Waals surface area (Å²) < 4.78 is 17.5. The summed E-state index contributed by atoms with van der Waals surface area (Å²) in [6.07, 6.45) is 2.20. The van der Waals surface area contributed by atoms with Gasteiger partial charge in [-0.3, -0.25) is 14.2 Å². The van der Waals surface area contributed by atoms with Crippen molar-refractivity contribution in [3.8, 4) is 5.75 Å². The van der Waals surface area contributed by atoms with Gasteiger partial charge in [0.1, 0.15) is 16.3 Å². The Labute approximate surface area is 221 Å². The summed E-state index contributed by atoms with van der Waals surface area (Å²) in [5.41, 5.74) is 2.04. The number of thiophene rings is 1. The number of hydrogen-bond donors (Lipinski definition) is 0. The molecule has 1 aliphatic heterocycles. The third kappa shape index (κ3) is 4.88. The molecule has 0 spiro atoms. The number of fused-ring (bicyclic) bond motifs is 3. The molecule has 9 nitrogen and oxygen atoms in total. The Balaban J connectivity index is 1.56. The number of thioether (sulfide) groups is 1. The molecule has 1 aromatic carbocycles. The first-order valence-electron chi connectivity index (χ1n) is 11.6. The van der Waals surface area contributed by atoms with Crippen molar-refractivity contribution < 1.29 is 23.5 Å². The molecule has 5 rings (SSSR count). The van der Waals surface area contributed by atoms with Gasteiger partial charge in [0.25, 0.3) is 5.56 Å². The highest BCUT2D eigenvalue weighted by Gasteiger charge is 2.26. The Morgan fingerprint density at radius 3 is 2.78 bits per heavy atom. The number of aromatic nitrogens is 2. The summed E-state index contributed by atoms with van der Waals surface area (Å²) in [6, 6.07) is 8.71. The Morgan fingerprint density at radius 1 is 1.24 bits per heavy atom. The molecule has 0 saturated carbocycles. The van der Waals surface area contributed by atoms with E-state index in [1.807, 2.05) is 6.07 Å². The van der Waals surface area contributed by atoms with Crippen molar-refractivity contribution in [1.82, 2.24) is 14.5 Å². The van der Waals surface area contributed by atoms with Crippen LogP contribution >= 0.6 is 23.1 Å². The van der Waals surface area contributed by atoms with Gasteiger partial charge in [0.05, 0.1) is 44.5 Å². The maximum atomic E-state index is 13.8. The summed E-state index contributed by atoms with van der Waals surface area (Å²) in [6.45, 7) is 2.87. The van der Waals surface area contributed by atoms with Crippen LogP contribution in [0.1, 0.15) is 39.0 Å². The van der Waals surface area contributed by atoms with Crippen LogP contribution in [0.4, 0.5) is 0 Å². The highest BCUT2D eigenvalue weighted by molar-refractivity contribution is 7.98. The van der Waals surface area contributed by atoms with Gasteiger partial charge < -0.3 is 18.8 Å². The molecule has 1 amide bonds. The minimum Gasteiger partial charge on any atom is -0.496 e. The molecule has 1 aliphatic rings. The average Bonchev–Trinajstić information content (AvgIpc) is 3.55. The molecule has 11 heteroatoms. The Kier molecular flexibility index (Phi) is 7.07. The molecular weight excluding hydrogens is 514 g/mol. The number of methoxy groups -OCH3 is 2. The lowest BCUT2D eigenvalue weighted by Gasteiger charge is -2.25. The highest BCUT2D eigenvalue weighted by Crippen LogP contribution is 2.35. The quantitative estimate of drug-likeness (QED) is 0.197. The monoisotopic (exact) mass is 539 g/mol. The van der Waals surface area contributed by atoms with E-state index in [4.69, 9.17) is 18.9 Å². The molecule has 0 unspecified atom stereocenters. The second-order valence-corrected chi connectivity index (χ2v) is 10.6. The third-order valence-corrected chi connectivity index (χ3v) is 8.46. The van der Waals surface area contributed by atoms with Crippen molar-refractivity contribution in [1.29, 1.82) is 0 Å². The van der Waals surface area contributed by atoms with Crippen molar-refractivity contribution in [3.05, 3.63) is 74.3 Å². The van der Waals surface area contributed by atoms with Crippen LogP contribution in [0, 0.1) is 0 Å². The van der Waals surface area contributed by atoms with Gasteiger partial charge in [-0.05, 0) is 42.3 Å².